The zero-order valence-corrected chi connectivity index (χ0v) is 24.8. The largest absolute Gasteiger partial charge is 0.495 e. The second kappa shape index (κ2) is 11.6. The third-order valence-electron chi connectivity index (χ3n) is 7.23. The maximum absolute atomic E-state index is 14.1. The fraction of sp³-hybridized carbons (Fsp3) is 0.536. The number of benzene rings is 1. The van der Waals surface area contributed by atoms with Gasteiger partial charge in [0.05, 0.1) is 42.7 Å². The van der Waals surface area contributed by atoms with Crippen LogP contribution in [0.2, 0.25) is 25.7 Å². The van der Waals surface area contributed by atoms with E-state index in [-0.39, 0.29) is 35.5 Å². The highest BCUT2D eigenvalue weighted by atomic mass is 28.3. The highest BCUT2D eigenvalue weighted by molar-refractivity contribution is 6.76. The molecule has 222 valence electrons. The van der Waals surface area contributed by atoms with E-state index in [2.05, 4.69) is 34.9 Å². The molecule has 0 bridgehead atoms. The second-order valence-corrected chi connectivity index (χ2v) is 17.3. The van der Waals surface area contributed by atoms with Crippen molar-refractivity contribution in [3.8, 4) is 5.75 Å². The first kappa shape index (κ1) is 29.3. The molecule has 0 radical (unpaired) electrons. The maximum atomic E-state index is 14.1. The van der Waals surface area contributed by atoms with E-state index in [1.165, 1.54) is 11.7 Å². The van der Waals surface area contributed by atoms with Crippen LogP contribution in [-0.2, 0) is 22.4 Å². The molecule has 41 heavy (non-hydrogen) atoms. The maximum Gasteiger partial charge on any atom is 0.418 e. The van der Waals surface area contributed by atoms with Gasteiger partial charge in [-0.3, -0.25) is 4.79 Å². The first-order valence-corrected chi connectivity index (χ1v) is 17.5. The van der Waals surface area contributed by atoms with Crippen LogP contribution in [0.15, 0.2) is 24.4 Å². The zero-order valence-electron chi connectivity index (χ0n) is 23.8. The topological polar surface area (TPSA) is 90.7 Å². The fourth-order valence-corrected chi connectivity index (χ4v) is 5.53. The summed E-state index contributed by atoms with van der Waals surface area (Å²) in [4.78, 5) is 23.8. The van der Waals surface area contributed by atoms with E-state index in [0.29, 0.717) is 55.6 Å². The third-order valence-corrected chi connectivity index (χ3v) is 8.94. The van der Waals surface area contributed by atoms with Gasteiger partial charge in [0, 0.05) is 45.4 Å². The highest BCUT2D eigenvalue weighted by Gasteiger charge is 2.39. The van der Waals surface area contributed by atoms with Gasteiger partial charge in [0.15, 0.2) is 0 Å². The Hall–Kier alpha value is -3.16. The van der Waals surface area contributed by atoms with Crippen LogP contribution in [0, 0.1) is 0 Å². The molecule has 1 saturated carbocycles. The van der Waals surface area contributed by atoms with Crippen molar-refractivity contribution in [1.29, 1.82) is 0 Å². The molecule has 3 aromatic rings. The Bertz CT molecular complexity index is 1410. The van der Waals surface area contributed by atoms with E-state index < -0.39 is 19.8 Å². The lowest BCUT2D eigenvalue weighted by Crippen LogP contribution is -2.40. The smallest absolute Gasteiger partial charge is 0.418 e. The van der Waals surface area contributed by atoms with E-state index in [1.807, 2.05) is 0 Å². The number of nitrogens with one attached hydrogen (secondary N) is 1. The minimum Gasteiger partial charge on any atom is -0.495 e. The number of methoxy groups -OCH3 is 1. The number of rotatable bonds is 10. The summed E-state index contributed by atoms with van der Waals surface area (Å²) in [7, 11) is 0.125. The Labute approximate surface area is 238 Å². The van der Waals surface area contributed by atoms with Crippen molar-refractivity contribution in [3.05, 3.63) is 41.2 Å². The lowest BCUT2D eigenvalue weighted by molar-refractivity contribution is -0.136. The van der Waals surface area contributed by atoms with E-state index >= 15 is 0 Å². The second-order valence-electron chi connectivity index (χ2n) is 11.7. The van der Waals surface area contributed by atoms with Crippen molar-refractivity contribution < 1.29 is 32.2 Å². The minimum absolute atomic E-state index is 0.0257. The van der Waals surface area contributed by atoms with Crippen LogP contribution >= 0.6 is 0 Å². The molecule has 5 rings (SSSR count). The summed E-state index contributed by atoms with van der Waals surface area (Å²) in [5.74, 6) is 0.349. The zero-order chi connectivity index (χ0) is 29.4. The van der Waals surface area contributed by atoms with Gasteiger partial charge in [-0.05, 0) is 37.1 Å². The van der Waals surface area contributed by atoms with Gasteiger partial charge in [0.25, 0.3) is 5.91 Å². The summed E-state index contributed by atoms with van der Waals surface area (Å²) < 4.78 is 60.6. The fourth-order valence-electron chi connectivity index (χ4n) is 4.77. The first-order valence-electron chi connectivity index (χ1n) is 13.8. The summed E-state index contributed by atoms with van der Waals surface area (Å²) in [6.07, 6.45) is -1.95. The summed E-state index contributed by atoms with van der Waals surface area (Å²) in [5, 5.41) is 3.15. The number of amides is 1. The van der Waals surface area contributed by atoms with E-state index in [4.69, 9.17) is 14.2 Å². The molecule has 0 atom stereocenters. The summed E-state index contributed by atoms with van der Waals surface area (Å²) in [6.45, 7) is 9.09. The quantitative estimate of drug-likeness (QED) is 0.233. The van der Waals surface area contributed by atoms with Gasteiger partial charge in [-0.1, -0.05) is 19.6 Å². The van der Waals surface area contributed by atoms with Crippen molar-refractivity contribution in [1.82, 2.24) is 19.4 Å². The predicted molar refractivity (Wildman–Crippen MR) is 152 cm³/mol. The lowest BCUT2D eigenvalue weighted by atomic mass is 10.1. The van der Waals surface area contributed by atoms with Gasteiger partial charge in [0.2, 0.25) is 5.95 Å². The molecule has 1 aliphatic heterocycles. The Morgan fingerprint density at radius 1 is 1.17 bits per heavy atom. The molecule has 2 fully saturated rings. The molecule has 9 nitrogen and oxygen atoms in total. The van der Waals surface area contributed by atoms with Crippen molar-refractivity contribution >= 4 is 36.7 Å². The molecular formula is C28H36F3N5O4Si. The average Bonchev–Trinajstić information content (AvgIpc) is 3.71. The number of hydrogen-bond donors (Lipinski definition) is 1. The monoisotopic (exact) mass is 591 g/mol. The molecule has 13 heteroatoms. The number of aromatic nitrogens is 3. The van der Waals surface area contributed by atoms with Crippen LogP contribution in [0.25, 0.3) is 11.0 Å². The number of nitrogens with zero attached hydrogens (tertiary/aromatic N) is 4. The molecule has 0 unspecified atom stereocenters. The normalized spacial score (nSPS) is 16.3. The number of alkyl halides is 3. The number of halogens is 3. The SMILES string of the molecule is COc1cc(C(=O)N2CCOCC2)ccc1Nc1nc(C2CC2)c2c(C(F)(F)F)cn(COCC[Si](C)(C)C)c2n1. The van der Waals surface area contributed by atoms with Crippen molar-refractivity contribution in [3.63, 3.8) is 0 Å². The molecular weight excluding hydrogens is 555 g/mol. The molecule has 2 aromatic heterocycles. The molecule has 1 amide bonds. The molecule has 3 heterocycles. The van der Waals surface area contributed by atoms with E-state index in [0.717, 1.165) is 25.1 Å². The van der Waals surface area contributed by atoms with Crippen molar-refractivity contribution in [2.75, 3.05) is 45.3 Å². The van der Waals surface area contributed by atoms with Crippen LogP contribution in [0.5, 0.6) is 5.75 Å². The molecule has 2 aliphatic rings. The van der Waals surface area contributed by atoms with Gasteiger partial charge in [-0.15, -0.1) is 0 Å². The number of morpholine rings is 1. The summed E-state index contributed by atoms with van der Waals surface area (Å²) in [5.41, 5.74) is 0.751. The number of hydrogen-bond acceptors (Lipinski definition) is 7. The molecule has 1 aromatic carbocycles. The summed E-state index contributed by atoms with van der Waals surface area (Å²) in [6, 6.07) is 5.91. The number of fused-ring (bicyclic) bond motifs is 1. The highest BCUT2D eigenvalue weighted by Crippen LogP contribution is 2.46. The first-order chi connectivity index (χ1) is 19.4. The number of ether oxygens (including phenoxy) is 3. The van der Waals surface area contributed by atoms with Crippen LogP contribution in [-0.4, -0.2) is 73.4 Å². The molecule has 1 N–H and O–H groups in total. The van der Waals surface area contributed by atoms with Crippen LogP contribution in [0.3, 0.4) is 0 Å². The number of carbonyl (C=O) groups excluding carboxylic acids is 1. The van der Waals surface area contributed by atoms with Gasteiger partial charge >= 0.3 is 6.18 Å². The van der Waals surface area contributed by atoms with Gasteiger partial charge in [0.1, 0.15) is 18.1 Å². The van der Waals surface area contributed by atoms with Gasteiger partial charge in [-0.2, -0.15) is 18.2 Å². The van der Waals surface area contributed by atoms with Crippen molar-refractivity contribution in [2.24, 2.45) is 0 Å². The Balaban J connectivity index is 1.47. The number of anilines is 2. The minimum atomic E-state index is -4.56. The average molecular weight is 592 g/mol. The van der Waals surface area contributed by atoms with Gasteiger partial charge in [-0.25, -0.2) is 4.98 Å². The lowest BCUT2D eigenvalue weighted by Gasteiger charge is -2.27. The Morgan fingerprint density at radius 3 is 2.54 bits per heavy atom. The third kappa shape index (κ3) is 6.84. The van der Waals surface area contributed by atoms with Crippen LogP contribution in [0.1, 0.15) is 40.4 Å². The summed E-state index contributed by atoms with van der Waals surface area (Å²) >= 11 is 0. The molecule has 1 saturated heterocycles. The number of carbonyl (C=O) groups is 1. The molecule has 0 spiro atoms. The van der Waals surface area contributed by atoms with Crippen LogP contribution in [0.4, 0.5) is 24.8 Å². The van der Waals surface area contributed by atoms with Gasteiger partial charge < -0.3 is 29.0 Å². The standard InChI is InChI=1S/C28H36F3N5O4Si/c1-38-22-15-19(26(37)35-9-11-39-12-10-35)7-8-21(22)32-27-33-24(18-5-6-18)23-20(28(29,30)31)16-36(25(23)34-27)17-40-13-14-41(2,3)4/h7-8,15-16,18H,5-6,9-14,17H2,1-4H3,(H,32,33,34). The van der Waals surface area contributed by atoms with E-state index in [9.17, 15) is 18.0 Å². The Kier molecular flexibility index (Phi) is 8.31. The Morgan fingerprint density at radius 2 is 1.90 bits per heavy atom. The van der Waals surface area contributed by atoms with Crippen LogP contribution < -0.4 is 10.1 Å². The predicted octanol–water partition coefficient (Wildman–Crippen LogP) is 5.86. The van der Waals surface area contributed by atoms with E-state index in [1.54, 1.807) is 23.1 Å². The molecule has 1 aliphatic carbocycles. The van der Waals surface area contributed by atoms with Crippen molar-refractivity contribution in [2.45, 2.75) is 57.4 Å².